The summed E-state index contributed by atoms with van der Waals surface area (Å²) in [5.74, 6) is -0.628. The van der Waals surface area contributed by atoms with Crippen LogP contribution in [0.1, 0.15) is 26.3 Å². The number of carbonyl (C=O) groups excluding carboxylic acids is 2. The van der Waals surface area contributed by atoms with Crippen molar-refractivity contribution in [2.75, 3.05) is 0 Å². The summed E-state index contributed by atoms with van der Waals surface area (Å²) in [5.41, 5.74) is 1.58. The van der Waals surface area contributed by atoms with Crippen molar-refractivity contribution in [3.8, 4) is 11.5 Å². The zero-order valence-electron chi connectivity index (χ0n) is 13.8. The highest BCUT2D eigenvalue weighted by Gasteiger charge is 2.11. The highest BCUT2D eigenvalue weighted by atomic mass is 16.5. The number of aromatic hydroxyl groups is 1. The van der Waals surface area contributed by atoms with Gasteiger partial charge in [-0.1, -0.05) is 30.3 Å². The first-order valence-corrected chi connectivity index (χ1v) is 7.94. The molecule has 0 spiro atoms. The van der Waals surface area contributed by atoms with Crippen LogP contribution in [-0.2, 0) is 11.3 Å². The summed E-state index contributed by atoms with van der Waals surface area (Å²) in [6.07, 6.45) is 0. The fourth-order valence-electron chi connectivity index (χ4n) is 2.23. The number of phenols is 1. The lowest BCUT2D eigenvalue weighted by Gasteiger charge is -2.07. The molecule has 0 aliphatic rings. The first kappa shape index (κ1) is 17.2. The molecule has 0 aliphatic heterocycles. The van der Waals surface area contributed by atoms with Gasteiger partial charge in [-0.2, -0.15) is 0 Å². The highest BCUT2D eigenvalue weighted by molar-refractivity contribution is 5.92. The molecular formula is C21H16O5. The Kier molecular flexibility index (Phi) is 5.29. The minimum Gasteiger partial charge on any atom is -0.508 e. The lowest BCUT2D eigenvalue weighted by Crippen LogP contribution is -2.09. The van der Waals surface area contributed by atoms with E-state index in [9.17, 15) is 14.7 Å². The van der Waals surface area contributed by atoms with E-state index in [1.807, 2.05) is 30.3 Å². The molecule has 0 aromatic heterocycles. The van der Waals surface area contributed by atoms with Crippen LogP contribution in [0.3, 0.4) is 0 Å². The number of carbonyl (C=O) groups is 2. The summed E-state index contributed by atoms with van der Waals surface area (Å²) in [7, 11) is 0. The molecule has 0 bridgehead atoms. The number of esters is 2. The van der Waals surface area contributed by atoms with Gasteiger partial charge in [-0.15, -0.1) is 0 Å². The summed E-state index contributed by atoms with van der Waals surface area (Å²) < 4.78 is 10.5. The second-order valence-electron chi connectivity index (χ2n) is 5.52. The number of hydrogen-bond acceptors (Lipinski definition) is 5. The fourth-order valence-corrected chi connectivity index (χ4v) is 2.23. The molecule has 0 amide bonds. The third-order valence-electron chi connectivity index (χ3n) is 3.62. The van der Waals surface area contributed by atoms with Crippen LogP contribution < -0.4 is 4.74 Å². The first-order chi connectivity index (χ1) is 12.6. The van der Waals surface area contributed by atoms with E-state index in [2.05, 4.69) is 0 Å². The van der Waals surface area contributed by atoms with Gasteiger partial charge < -0.3 is 14.6 Å². The molecule has 0 saturated heterocycles. The van der Waals surface area contributed by atoms with Crippen molar-refractivity contribution >= 4 is 11.9 Å². The van der Waals surface area contributed by atoms with Gasteiger partial charge in [0.15, 0.2) is 0 Å². The van der Waals surface area contributed by atoms with Crippen molar-refractivity contribution in [2.45, 2.75) is 6.61 Å². The summed E-state index contributed by atoms with van der Waals surface area (Å²) in [4.78, 5) is 24.1. The van der Waals surface area contributed by atoms with E-state index in [-0.39, 0.29) is 12.4 Å². The molecule has 26 heavy (non-hydrogen) atoms. The highest BCUT2D eigenvalue weighted by Crippen LogP contribution is 2.17. The average molecular weight is 348 g/mol. The maximum Gasteiger partial charge on any atom is 0.343 e. The van der Waals surface area contributed by atoms with E-state index in [4.69, 9.17) is 9.47 Å². The van der Waals surface area contributed by atoms with Crippen LogP contribution in [0.5, 0.6) is 11.5 Å². The second-order valence-corrected chi connectivity index (χ2v) is 5.52. The van der Waals surface area contributed by atoms with Gasteiger partial charge in [0.1, 0.15) is 18.1 Å². The smallest absolute Gasteiger partial charge is 0.343 e. The zero-order chi connectivity index (χ0) is 18.4. The lowest BCUT2D eigenvalue weighted by molar-refractivity contribution is 0.0472. The van der Waals surface area contributed by atoms with Gasteiger partial charge >= 0.3 is 11.9 Å². The normalized spacial score (nSPS) is 10.2. The van der Waals surface area contributed by atoms with Crippen molar-refractivity contribution in [3.05, 3.63) is 95.6 Å². The van der Waals surface area contributed by atoms with Crippen LogP contribution in [0.4, 0.5) is 0 Å². The minimum atomic E-state index is -0.551. The molecule has 0 aliphatic carbocycles. The molecule has 3 aromatic rings. The van der Waals surface area contributed by atoms with Crippen LogP contribution in [0.15, 0.2) is 78.9 Å². The maximum absolute atomic E-state index is 12.1. The fraction of sp³-hybridized carbons (Fsp3) is 0.0476. The van der Waals surface area contributed by atoms with Crippen LogP contribution in [-0.4, -0.2) is 17.0 Å². The Hall–Kier alpha value is -3.60. The van der Waals surface area contributed by atoms with Gasteiger partial charge in [0.2, 0.25) is 0 Å². The third-order valence-corrected chi connectivity index (χ3v) is 3.62. The Balaban J connectivity index is 1.58. The zero-order valence-corrected chi connectivity index (χ0v) is 13.8. The van der Waals surface area contributed by atoms with Gasteiger partial charge in [0.25, 0.3) is 0 Å². The molecule has 3 aromatic carbocycles. The van der Waals surface area contributed by atoms with Gasteiger partial charge in [-0.3, -0.25) is 0 Å². The van der Waals surface area contributed by atoms with Crippen molar-refractivity contribution in [2.24, 2.45) is 0 Å². The van der Waals surface area contributed by atoms with E-state index in [0.29, 0.717) is 16.9 Å². The Morgan fingerprint density at radius 3 is 1.96 bits per heavy atom. The Morgan fingerprint density at radius 1 is 0.731 bits per heavy atom. The van der Waals surface area contributed by atoms with Gasteiger partial charge in [0.05, 0.1) is 11.1 Å². The minimum absolute atomic E-state index is 0.0694. The molecular weight excluding hydrogens is 332 g/mol. The summed E-state index contributed by atoms with van der Waals surface area (Å²) in [6, 6.07) is 21.3. The Bertz CT molecular complexity index is 884. The molecule has 0 saturated carbocycles. The van der Waals surface area contributed by atoms with E-state index < -0.39 is 11.9 Å². The maximum atomic E-state index is 12.1. The number of hydrogen-bond donors (Lipinski definition) is 1. The van der Waals surface area contributed by atoms with E-state index in [0.717, 1.165) is 5.56 Å². The molecule has 0 unspecified atom stereocenters. The molecule has 130 valence electrons. The predicted molar refractivity (Wildman–Crippen MR) is 95.1 cm³/mol. The largest absolute Gasteiger partial charge is 0.508 e. The van der Waals surface area contributed by atoms with Crippen LogP contribution in [0.2, 0.25) is 0 Å². The third kappa shape index (κ3) is 4.48. The second kappa shape index (κ2) is 7.98. The van der Waals surface area contributed by atoms with E-state index in [1.165, 1.54) is 48.5 Å². The summed E-state index contributed by atoms with van der Waals surface area (Å²) >= 11 is 0. The molecule has 0 heterocycles. The molecule has 0 atom stereocenters. The van der Waals surface area contributed by atoms with Gasteiger partial charge in [0, 0.05) is 0 Å². The number of ether oxygens (including phenoxy) is 2. The van der Waals surface area contributed by atoms with E-state index >= 15 is 0 Å². The monoisotopic (exact) mass is 348 g/mol. The molecule has 0 radical (unpaired) electrons. The molecule has 0 fully saturated rings. The van der Waals surface area contributed by atoms with Crippen molar-refractivity contribution in [3.63, 3.8) is 0 Å². The van der Waals surface area contributed by atoms with Crippen LogP contribution in [0, 0.1) is 0 Å². The molecule has 3 rings (SSSR count). The van der Waals surface area contributed by atoms with Crippen molar-refractivity contribution in [1.29, 1.82) is 0 Å². The van der Waals surface area contributed by atoms with Crippen molar-refractivity contribution in [1.82, 2.24) is 0 Å². The number of phenolic OH excluding ortho intramolecular Hbond substituents is 1. The molecule has 5 heteroatoms. The lowest BCUT2D eigenvalue weighted by atomic mass is 10.2. The average Bonchev–Trinajstić information content (AvgIpc) is 2.68. The predicted octanol–water partition coefficient (Wildman–Crippen LogP) is 3.97. The summed E-state index contributed by atoms with van der Waals surface area (Å²) in [5, 5.41) is 9.23. The summed E-state index contributed by atoms with van der Waals surface area (Å²) in [6.45, 7) is 0.192. The standard InChI is InChI=1S/C21H16O5/c22-18-10-6-17(7-11-18)21(24)26-19-12-8-16(9-13-19)20(23)25-14-15-4-2-1-3-5-15/h1-13,22H,14H2. The first-order valence-electron chi connectivity index (χ1n) is 7.94. The number of rotatable bonds is 5. The topological polar surface area (TPSA) is 72.8 Å². The number of benzene rings is 3. The van der Waals surface area contributed by atoms with E-state index in [1.54, 1.807) is 0 Å². The van der Waals surface area contributed by atoms with Crippen molar-refractivity contribution < 1.29 is 24.2 Å². The SMILES string of the molecule is O=C(OCc1ccccc1)c1ccc(OC(=O)c2ccc(O)cc2)cc1. The molecule has 1 N–H and O–H groups in total. The Labute approximate surface area is 150 Å². The quantitative estimate of drug-likeness (QED) is 0.558. The molecule has 5 nitrogen and oxygen atoms in total. The van der Waals surface area contributed by atoms with Gasteiger partial charge in [-0.05, 0) is 54.1 Å². The van der Waals surface area contributed by atoms with Crippen LogP contribution in [0.25, 0.3) is 0 Å². The van der Waals surface area contributed by atoms with Gasteiger partial charge in [-0.25, -0.2) is 9.59 Å². The van der Waals surface area contributed by atoms with Crippen LogP contribution >= 0.6 is 0 Å². The Morgan fingerprint density at radius 2 is 1.31 bits per heavy atom.